The molecule has 1 aliphatic rings. The fourth-order valence-electron chi connectivity index (χ4n) is 0.594. The van der Waals surface area contributed by atoms with E-state index in [1.807, 2.05) is 0 Å². The summed E-state index contributed by atoms with van der Waals surface area (Å²) in [6.07, 6.45) is -1.23. The molecule has 0 aromatic carbocycles. The second-order valence-electron chi connectivity index (χ2n) is 3.50. The number of aliphatic hydroxyl groups excluding tert-OH is 2. The zero-order valence-corrected chi connectivity index (χ0v) is 10.8. The molecule has 1 unspecified atom stereocenters. The van der Waals surface area contributed by atoms with Gasteiger partial charge in [-0.1, -0.05) is 0 Å². The van der Waals surface area contributed by atoms with Crippen LogP contribution in [0.1, 0.15) is 6.92 Å². The van der Waals surface area contributed by atoms with Crippen LogP contribution >= 0.6 is 0 Å². The van der Waals surface area contributed by atoms with Gasteiger partial charge in [0, 0.05) is 13.1 Å². The summed E-state index contributed by atoms with van der Waals surface area (Å²) in [6, 6.07) is -1.13. The molecule has 1 heterocycles. The van der Waals surface area contributed by atoms with Gasteiger partial charge in [-0.3, -0.25) is 4.79 Å². The smallest absolute Gasteiger partial charge is 0.332 e. The van der Waals surface area contributed by atoms with Crippen molar-refractivity contribution in [2.75, 3.05) is 32.9 Å². The summed E-state index contributed by atoms with van der Waals surface area (Å²) in [7, 11) is 0. The number of nitrogens with one attached hydrogen (secondary N) is 1. The van der Waals surface area contributed by atoms with Crippen molar-refractivity contribution >= 4 is 11.9 Å². The summed E-state index contributed by atoms with van der Waals surface area (Å²) in [5, 5.41) is 34.8. The highest BCUT2D eigenvalue weighted by molar-refractivity contribution is 5.73. The highest BCUT2D eigenvalue weighted by atomic mass is 16.5. The van der Waals surface area contributed by atoms with Crippen LogP contribution in [0.25, 0.3) is 0 Å². The van der Waals surface area contributed by atoms with Gasteiger partial charge in [-0.15, -0.1) is 0 Å². The molecular formula is C10H22N2O7. The van der Waals surface area contributed by atoms with Crippen LogP contribution in [0.2, 0.25) is 0 Å². The molecule has 0 aromatic rings. The second kappa shape index (κ2) is 13.2. The van der Waals surface area contributed by atoms with E-state index in [1.54, 1.807) is 0 Å². The monoisotopic (exact) mass is 282 g/mol. The van der Waals surface area contributed by atoms with E-state index in [0.717, 1.165) is 26.3 Å². The number of hydrogen-bond donors (Lipinski definition) is 6. The Labute approximate surface area is 111 Å². The number of carboxylic acids is 2. The number of carbonyl (C=O) groups is 2. The molecule has 0 aliphatic carbocycles. The SMILES string of the molecule is C1COCCN1.CC(O)C(=O)O.N[C@@H](CO)C(=O)O. The summed E-state index contributed by atoms with van der Waals surface area (Å²) < 4.78 is 5.01. The van der Waals surface area contributed by atoms with E-state index in [0.29, 0.717) is 0 Å². The number of ether oxygens (including phenoxy) is 1. The standard InChI is InChI=1S/C4H9NO.C3H7NO3.C3H6O3/c1-3-6-4-2-5-1;4-2(1-5)3(6)7;1-2(4)3(5)6/h5H,1-4H2;2,5H,1,4H2,(H,6,7);2,4H,1H3,(H,5,6)/t;2-;/m.0./s1. The fraction of sp³-hybridized carbons (Fsp3) is 0.800. The summed E-state index contributed by atoms with van der Waals surface area (Å²) in [5.41, 5.74) is 4.77. The minimum atomic E-state index is -1.23. The zero-order valence-electron chi connectivity index (χ0n) is 10.8. The summed E-state index contributed by atoms with van der Waals surface area (Å²) in [6.45, 7) is 4.53. The van der Waals surface area contributed by atoms with Gasteiger partial charge < -0.3 is 36.2 Å². The number of morpholine rings is 1. The van der Waals surface area contributed by atoms with Gasteiger partial charge in [0.15, 0.2) is 0 Å². The molecule has 19 heavy (non-hydrogen) atoms. The van der Waals surface area contributed by atoms with Gasteiger partial charge in [-0.2, -0.15) is 0 Å². The third-order valence-corrected chi connectivity index (χ3v) is 1.72. The van der Waals surface area contributed by atoms with Crippen LogP contribution < -0.4 is 11.1 Å². The molecule has 1 aliphatic heterocycles. The Morgan fingerprint density at radius 2 is 1.68 bits per heavy atom. The Hall–Kier alpha value is -1.26. The third-order valence-electron chi connectivity index (χ3n) is 1.72. The van der Waals surface area contributed by atoms with Crippen LogP contribution in [0, 0.1) is 0 Å². The van der Waals surface area contributed by atoms with Gasteiger partial charge >= 0.3 is 11.9 Å². The van der Waals surface area contributed by atoms with E-state index in [9.17, 15) is 9.59 Å². The first kappa shape index (κ1) is 20.1. The van der Waals surface area contributed by atoms with Gasteiger partial charge in [-0.25, -0.2) is 4.79 Å². The quantitative estimate of drug-likeness (QED) is 0.327. The maximum absolute atomic E-state index is 9.65. The van der Waals surface area contributed by atoms with Gasteiger partial charge in [0.05, 0.1) is 19.8 Å². The molecule has 2 atom stereocenters. The van der Waals surface area contributed by atoms with Gasteiger partial charge in [-0.05, 0) is 6.92 Å². The molecule has 7 N–H and O–H groups in total. The molecule has 0 amide bonds. The van der Waals surface area contributed by atoms with Gasteiger partial charge in [0.25, 0.3) is 0 Å². The summed E-state index contributed by atoms with van der Waals surface area (Å²) >= 11 is 0. The maximum atomic E-state index is 9.65. The molecule has 0 aromatic heterocycles. The van der Waals surface area contributed by atoms with Crippen molar-refractivity contribution in [2.45, 2.75) is 19.1 Å². The van der Waals surface area contributed by atoms with Crippen molar-refractivity contribution in [1.29, 1.82) is 0 Å². The number of carboxylic acid groups (broad SMARTS) is 2. The number of nitrogens with two attached hydrogens (primary N) is 1. The predicted octanol–water partition coefficient (Wildman–Crippen LogP) is -2.55. The van der Waals surface area contributed by atoms with Gasteiger partial charge in [0.1, 0.15) is 12.1 Å². The fourth-order valence-corrected chi connectivity index (χ4v) is 0.594. The minimum Gasteiger partial charge on any atom is -0.480 e. The lowest BCUT2D eigenvalue weighted by Crippen LogP contribution is -2.33. The average molecular weight is 282 g/mol. The maximum Gasteiger partial charge on any atom is 0.332 e. The number of aliphatic hydroxyl groups is 2. The van der Waals surface area contributed by atoms with Crippen LogP contribution in [-0.2, 0) is 14.3 Å². The first-order valence-corrected chi connectivity index (χ1v) is 5.61. The van der Waals surface area contributed by atoms with E-state index in [-0.39, 0.29) is 0 Å². The Kier molecular flexibility index (Phi) is 13.9. The molecule has 9 nitrogen and oxygen atoms in total. The van der Waals surface area contributed by atoms with E-state index in [4.69, 9.17) is 30.9 Å². The van der Waals surface area contributed by atoms with Crippen molar-refractivity contribution in [3.8, 4) is 0 Å². The number of hydrogen-bond acceptors (Lipinski definition) is 7. The van der Waals surface area contributed by atoms with Crippen LogP contribution in [0.4, 0.5) is 0 Å². The Morgan fingerprint density at radius 1 is 1.26 bits per heavy atom. The lowest BCUT2D eigenvalue weighted by Gasteiger charge is -2.10. The molecule has 0 bridgehead atoms. The summed E-state index contributed by atoms with van der Waals surface area (Å²) in [5.74, 6) is -2.36. The van der Waals surface area contributed by atoms with Gasteiger partial charge in [0.2, 0.25) is 0 Å². The molecule has 9 heteroatoms. The number of rotatable bonds is 3. The van der Waals surface area contributed by atoms with E-state index < -0.39 is 30.7 Å². The minimum absolute atomic E-state index is 0.505. The molecule has 0 saturated carbocycles. The third kappa shape index (κ3) is 16.7. The molecule has 1 saturated heterocycles. The second-order valence-corrected chi connectivity index (χ2v) is 3.50. The molecule has 1 fully saturated rings. The Balaban J connectivity index is 0. The van der Waals surface area contributed by atoms with Crippen molar-refractivity contribution < 1.29 is 34.8 Å². The van der Waals surface area contributed by atoms with Crippen LogP contribution in [-0.4, -0.2) is 77.4 Å². The topological polar surface area (TPSA) is 162 Å². The van der Waals surface area contributed by atoms with Crippen molar-refractivity contribution in [3.63, 3.8) is 0 Å². The predicted molar refractivity (Wildman–Crippen MR) is 65.7 cm³/mol. The Bertz CT molecular complexity index is 233. The van der Waals surface area contributed by atoms with Crippen LogP contribution in [0.15, 0.2) is 0 Å². The first-order valence-electron chi connectivity index (χ1n) is 5.61. The number of aliphatic carboxylic acids is 2. The molecule has 0 spiro atoms. The van der Waals surface area contributed by atoms with Crippen molar-refractivity contribution in [1.82, 2.24) is 5.32 Å². The van der Waals surface area contributed by atoms with E-state index in [1.165, 1.54) is 6.92 Å². The summed E-state index contributed by atoms with van der Waals surface area (Å²) in [4.78, 5) is 19.1. The highest BCUT2D eigenvalue weighted by Crippen LogP contribution is 1.76. The molecular weight excluding hydrogens is 260 g/mol. The lowest BCUT2D eigenvalue weighted by atomic mass is 10.3. The average Bonchev–Trinajstić information content (AvgIpc) is 2.41. The van der Waals surface area contributed by atoms with E-state index >= 15 is 0 Å². The lowest BCUT2D eigenvalue weighted by molar-refractivity contribution is -0.145. The molecule has 0 radical (unpaired) electrons. The highest BCUT2D eigenvalue weighted by Gasteiger charge is 2.07. The van der Waals surface area contributed by atoms with E-state index in [2.05, 4.69) is 5.32 Å². The molecule has 114 valence electrons. The van der Waals surface area contributed by atoms with Crippen molar-refractivity contribution in [2.24, 2.45) is 5.73 Å². The largest absolute Gasteiger partial charge is 0.480 e. The van der Waals surface area contributed by atoms with Crippen LogP contribution in [0.5, 0.6) is 0 Å². The molecule has 1 rings (SSSR count). The normalized spacial score (nSPS) is 16.8. The van der Waals surface area contributed by atoms with Crippen molar-refractivity contribution in [3.05, 3.63) is 0 Å². The first-order chi connectivity index (χ1) is 8.82. The Morgan fingerprint density at radius 3 is 1.74 bits per heavy atom. The van der Waals surface area contributed by atoms with Crippen LogP contribution in [0.3, 0.4) is 0 Å². The zero-order chi connectivity index (χ0) is 15.3.